The monoisotopic (exact) mass is 328 g/mol. The molecule has 5 nitrogen and oxygen atoms in total. The second-order valence-corrected chi connectivity index (χ2v) is 6.97. The highest BCUT2D eigenvalue weighted by molar-refractivity contribution is 8.00. The van der Waals surface area contributed by atoms with E-state index in [1.807, 2.05) is 18.2 Å². The van der Waals surface area contributed by atoms with Gasteiger partial charge in [0.15, 0.2) is 16.3 Å². The first kappa shape index (κ1) is 13.8. The Balaban J connectivity index is 1.70. The Labute approximate surface area is 135 Å². The topological polar surface area (TPSA) is 60.7 Å². The predicted octanol–water partition coefficient (Wildman–Crippen LogP) is 2.63. The third-order valence-electron chi connectivity index (χ3n) is 3.47. The Morgan fingerprint density at radius 1 is 1.23 bits per heavy atom. The zero-order valence-corrected chi connectivity index (χ0v) is 13.2. The molecular formula is C15H12N4OS2. The second kappa shape index (κ2) is 5.73. The Morgan fingerprint density at radius 3 is 2.91 bits per heavy atom. The highest BCUT2D eigenvalue weighted by atomic mass is 32.2. The van der Waals surface area contributed by atoms with Crippen LogP contribution in [0.1, 0.15) is 6.04 Å². The van der Waals surface area contributed by atoms with E-state index in [9.17, 15) is 4.79 Å². The third kappa shape index (κ3) is 2.40. The summed E-state index contributed by atoms with van der Waals surface area (Å²) in [6, 6.07) is 10.6. The molecule has 1 unspecified atom stereocenters. The normalized spacial score (nSPS) is 16.8. The van der Waals surface area contributed by atoms with Gasteiger partial charge in [-0.05, 0) is 12.1 Å². The molecule has 0 aliphatic carbocycles. The molecule has 2 aromatic heterocycles. The molecule has 7 heteroatoms. The Hall–Kier alpha value is -1.86. The van der Waals surface area contributed by atoms with Crippen molar-refractivity contribution in [1.82, 2.24) is 19.5 Å². The van der Waals surface area contributed by atoms with E-state index in [0.717, 1.165) is 16.7 Å². The molecule has 1 atom stereocenters. The van der Waals surface area contributed by atoms with Gasteiger partial charge in [-0.3, -0.25) is 9.36 Å². The van der Waals surface area contributed by atoms with Crippen molar-refractivity contribution in [2.24, 2.45) is 0 Å². The van der Waals surface area contributed by atoms with Gasteiger partial charge in [0.2, 0.25) is 0 Å². The minimum Gasteiger partial charge on any atom is -0.299 e. The van der Waals surface area contributed by atoms with E-state index >= 15 is 0 Å². The van der Waals surface area contributed by atoms with Gasteiger partial charge >= 0.3 is 5.56 Å². The first-order valence-electron chi connectivity index (χ1n) is 6.87. The van der Waals surface area contributed by atoms with E-state index in [1.54, 1.807) is 29.7 Å². The number of fused-ring (bicyclic) bond motifs is 3. The van der Waals surface area contributed by atoms with Crippen molar-refractivity contribution >= 4 is 34.7 Å². The molecule has 1 aliphatic heterocycles. The summed E-state index contributed by atoms with van der Waals surface area (Å²) in [4.78, 5) is 25.9. The van der Waals surface area contributed by atoms with Crippen molar-refractivity contribution in [3.63, 3.8) is 0 Å². The van der Waals surface area contributed by atoms with E-state index in [-0.39, 0.29) is 11.6 Å². The van der Waals surface area contributed by atoms with Crippen LogP contribution < -0.4 is 5.56 Å². The quantitative estimate of drug-likeness (QED) is 0.544. The van der Waals surface area contributed by atoms with Crippen LogP contribution in [0.2, 0.25) is 0 Å². The smallest absolute Gasteiger partial charge is 0.299 e. The number of rotatable bonds is 3. The first-order valence-corrected chi connectivity index (χ1v) is 8.84. The van der Waals surface area contributed by atoms with Crippen LogP contribution in [0.3, 0.4) is 0 Å². The number of hydrogen-bond donors (Lipinski definition) is 0. The number of benzene rings is 1. The maximum absolute atomic E-state index is 12.0. The van der Waals surface area contributed by atoms with Crippen LogP contribution in [0.4, 0.5) is 0 Å². The molecule has 0 N–H and O–H groups in total. The van der Waals surface area contributed by atoms with Crippen LogP contribution in [0.15, 0.2) is 57.6 Å². The maximum Gasteiger partial charge on any atom is 0.301 e. The van der Waals surface area contributed by atoms with Gasteiger partial charge in [-0.25, -0.2) is 9.97 Å². The maximum atomic E-state index is 12.0. The summed E-state index contributed by atoms with van der Waals surface area (Å²) in [5.41, 5.74) is 0.697. The molecule has 0 saturated heterocycles. The molecule has 110 valence electrons. The standard InChI is InChI=1S/C15H12N4OS2/c20-14-12-13(17-7-6-16-12)19-10(9-22-15(19)18-14)8-21-11-4-2-1-3-5-11/h1-7,10H,8-9H2. The highest BCUT2D eigenvalue weighted by Gasteiger charge is 2.27. The number of hydrogen-bond acceptors (Lipinski definition) is 6. The van der Waals surface area contributed by atoms with Gasteiger partial charge in [0, 0.05) is 28.8 Å². The van der Waals surface area contributed by atoms with Crippen molar-refractivity contribution in [2.75, 3.05) is 11.5 Å². The molecule has 0 radical (unpaired) electrons. The molecule has 0 saturated carbocycles. The molecule has 0 bridgehead atoms. The summed E-state index contributed by atoms with van der Waals surface area (Å²) < 4.78 is 2.06. The highest BCUT2D eigenvalue weighted by Crippen LogP contribution is 2.36. The summed E-state index contributed by atoms with van der Waals surface area (Å²) in [6.07, 6.45) is 3.16. The third-order valence-corrected chi connectivity index (χ3v) is 5.72. The lowest BCUT2D eigenvalue weighted by Crippen LogP contribution is -2.19. The molecule has 1 aromatic carbocycles. The predicted molar refractivity (Wildman–Crippen MR) is 88.5 cm³/mol. The van der Waals surface area contributed by atoms with Crippen molar-refractivity contribution in [3.8, 4) is 0 Å². The average molecular weight is 328 g/mol. The van der Waals surface area contributed by atoms with Crippen LogP contribution in [0, 0.1) is 0 Å². The first-order chi connectivity index (χ1) is 10.8. The summed E-state index contributed by atoms with van der Waals surface area (Å²) in [7, 11) is 0. The number of thioether (sulfide) groups is 2. The Morgan fingerprint density at radius 2 is 2.05 bits per heavy atom. The second-order valence-electron chi connectivity index (χ2n) is 4.89. The average Bonchev–Trinajstić information content (AvgIpc) is 2.97. The SMILES string of the molecule is O=c1nc2n(c3nccnc13)C(CSc1ccccc1)CS2. The van der Waals surface area contributed by atoms with Crippen LogP contribution in [0.5, 0.6) is 0 Å². The van der Waals surface area contributed by atoms with Gasteiger partial charge < -0.3 is 0 Å². The summed E-state index contributed by atoms with van der Waals surface area (Å²) >= 11 is 3.42. The van der Waals surface area contributed by atoms with E-state index < -0.39 is 0 Å². The zero-order valence-electron chi connectivity index (χ0n) is 11.5. The molecule has 0 spiro atoms. The summed E-state index contributed by atoms with van der Waals surface area (Å²) in [5.74, 6) is 1.82. The molecule has 4 rings (SSSR count). The Bertz CT molecular complexity index is 882. The molecule has 22 heavy (non-hydrogen) atoms. The van der Waals surface area contributed by atoms with Crippen LogP contribution in [-0.4, -0.2) is 31.0 Å². The van der Waals surface area contributed by atoms with Crippen LogP contribution in [-0.2, 0) is 0 Å². The van der Waals surface area contributed by atoms with Gasteiger partial charge in [-0.2, -0.15) is 4.98 Å². The lowest BCUT2D eigenvalue weighted by Gasteiger charge is -2.15. The van der Waals surface area contributed by atoms with E-state index in [0.29, 0.717) is 11.2 Å². The minimum absolute atomic E-state index is 0.262. The summed E-state index contributed by atoms with van der Waals surface area (Å²) in [5, 5.41) is 0.747. The van der Waals surface area contributed by atoms with Crippen molar-refractivity contribution in [2.45, 2.75) is 16.1 Å². The van der Waals surface area contributed by atoms with Crippen molar-refractivity contribution < 1.29 is 0 Å². The van der Waals surface area contributed by atoms with E-state index in [2.05, 4.69) is 31.7 Å². The Kier molecular flexibility index (Phi) is 3.59. The molecule has 3 aromatic rings. The fourth-order valence-electron chi connectivity index (χ4n) is 2.45. The van der Waals surface area contributed by atoms with Crippen molar-refractivity contribution in [1.29, 1.82) is 0 Å². The van der Waals surface area contributed by atoms with E-state index in [4.69, 9.17) is 0 Å². The van der Waals surface area contributed by atoms with Crippen LogP contribution in [0.25, 0.3) is 11.2 Å². The summed E-state index contributed by atoms with van der Waals surface area (Å²) in [6.45, 7) is 0. The van der Waals surface area contributed by atoms with Gasteiger partial charge in [-0.1, -0.05) is 30.0 Å². The zero-order chi connectivity index (χ0) is 14.9. The van der Waals surface area contributed by atoms with E-state index in [1.165, 1.54) is 11.1 Å². The molecule has 0 fully saturated rings. The lowest BCUT2D eigenvalue weighted by atomic mass is 10.3. The largest absolute Gasteiger partial charge is 0.301 e. The fourth-order valence-corrected chi connectivity index (χ4v) is 4.73. The van der Waals surface area contributed by atoms with Gasteiger partial charge in [-0.15, -0.1) is 11.8 Å². The van der Waals surface area contributed by atoms with Crippen LogP contribution >= 0.6 is 23.5 Å². The molecule has 3 heterocycles. The minimum atomic E-state index is -0.293. The van der Waals surface area contributed by atoms with Crippen molar-refractivity contribution in [3.05, 3.63) is 53.1 Å². The number of nitrogens with zero attached hydrogens (tertiary/aromatic N) is 4. The molecule has 0 amide bonds. The van der Waals surface area contributed by atoms with Gasteiger partial charge in [0.25, 0.3) is 0 Å². The fraction of sp³-hybridized carbons (Fsp3) is 0.200. The molecule has 1 aliphatic rings. The number of aromatic nitrogens is 4. The van der Waals surface area contributed by atoms with Gasteiger partial charge in [0.05, 0.1) is 6.04 Å². The van der Waals surface area contributed by atoms with Gasteiger partial charge in [0.1, 0.15) is 0 Å². The lowest BCUT2D eigenvalue weighted by molar-refractivity contribution is 0.585. The molecular weight excluding hydrogens is 316 g/mol.